The minimum atomic E-state index is 0. The number of aryl methyl sites for hydroxylation is 2. The molecular weight excluding hydrogens is 489 g/mol. The lowest BCUT2D eigenvalue weighted by Gasteiger charge is -2.18. The van der Waals surface area contributed by atoms with Gasteiger partial charge in [0.15, 0.2) is 5.96 Å². The van der Waals surface area contributed by atoms with Crippen molar-refractivity contribution in [1.82, 2.24) is 20.4 Å². The van der Waals surface area contributed by atoms with Crippen LogP contribution in [0.25, 0.3) is 0 Å². The number of hydrogen-bond donors (Lipinski definition) is 2. The van der Waals surface area contributed by atoms with E-state index in [4.69, 9.17) is 9.73 Å². The van der Waals surface area contributed by atoms with E-state index in [2.05, 4.69) is 69.4 Å². The van der Waals surface area contributed by atoms with Gasteiger partial charge in [-0.05, 0) is 63.3 Å². The molecule has 0 bridgehead atoms. The zero-order valence-corrected chi connectivity index (χ0v) is 21.8. The highest BCUT2D eigenvalue weighted by Gasteiger charge is 2.14. The molecule has 2 rings (SSSR count). The second kappa shape index (κ2) is 12.8. The maximum absolute atomic E-state index is 5.83. The van der Waals surface area contributed by atoms with Gasteiger partial charge in [-0.1, -0.05) is 26.0 Å². The van der Waals surface area contributed by atoms with E-state index in [0.717, 1.165) is 42.5 Å². The number of aliphatic imine (C=N–C) groups is 1. The topological polar surface area (TPSA) is 63.5 Å². The van der Waals surface area contributed by atoms with Gasteiger partial charge in [-0.2, -0.15) is 5.10 Å². The molecule has 0 fully saturated rings. The number of hydrogen-bond acceptors (Lipinski definition) is 3. The molecule has 0 aliphatic heterocycles. The van der Waals surface area contributed by atoms with E-state index in [9.17, 15) is 0 Å². The molecule has 1 unspecified atom stereocenters. The fourth-order valence-electron chi connectivity index (χ4n) is 3.19. The number of halogens is 1. The molecule has 0 saturated heterocycles. The Balaban J connectivity index is 0.00000450. The summed E-state index contributed by atoms with van der Waals surface area (Å²) in [6.45, 7) is 14.9. The van der Waals surface area contributed by atoms with E-state index in [-0.39, 0.29) is 30.0 Å². The smallest absolute Gasteiger partial charge is 0.191 e. The fourth-order valence-corrected chi connectivity index (χ4v) is 3.19. The third-order valence-electron chi connectivity index (χ3n) is 4.80. The van der Waals surface area contributed by atoms with Crippen molar-refractivity contribution in [3.63, 3.8) is 0 Å². The maximum Gasteiger partial charge on any atom is 0.191 e. The maximum atomic E-state index is 5.83. The summed E-state index contributed by atoms with van der Waals surface area (Å²) in [5.74, 6) is 2.24. The van der Waals surface area contributed by atoms with Crippen LogP contribution < -0.4 is 15.4 Å². The molecule has 2 aromatic rings. The molecule has 2 N–H and O–H groups in total. The lowest BCUT2D eigenvalue weighted by Crippen LogP contribution is -2.43. The number of nitrogens with one attached hydrogen (secondary N) is 2. The summed E-state index contributed by atoms with van der Waals surface area (Å²) in [7, 11) is 1.99. The summed E-state index contributed by atoms with van der Waals surface area (Å²) in [6, 6.07) is 8.43. The van der Waals surface area contributed by atoms with Gasteiger partial charge in [0, 0.05) is 25.3 Å². The Kier molecular flexibility index (Phi) is 11.2. The monoisotopic (exact) mass is 527 g/mol. The molecular formula is C23H38IN5O. The van der Waals surface area contributed by atoms with Gasteiger partial charge in [0.05, 0.1) is 18.8 Å². The summed E-state index contributed by atoms with van der Waals surface area (Å²) in [5, 5.41) is 11.4. The second-order valence-corrected chi connectivity index (χ2v) is 8.07. The van der Waals surface area contributed by atoms with Gasteiger partial charge in [-0.25, -0.2) is 4.99 Å². The zero-order chi connectivity index (χ0) is 21.4. The van der Waals surface area contributed by atoms with E-state index in [1.165, 1.54) is 11.3 Å². The van der Waals surface area contributed by atoms with Gasteiger partial charge in [-0.3, -0.25) is 4.68 Å². The van der Waals surface area contributed by atoms with Crippen molar-refractivity contribution < 1.29 is 4.74 Å². The van der Waals surface area contributed by atoms with E-state index in [0.29, 0.717) is 12.5 Å². The van der Waals surface area contributed by atoms with Crippen molar-refractivity contribution in [3.05, 3.63) is 46.8 Å². The van der Waals surface area contributed by atoms with Gasteiger partial charge < -0.3 is 15.4 Å². The summed E-state index contributed by atoms with van der Waals surface area (Å²) >= 11 is 0. The van der Waals surface area contributed by atoms with Crippen molar-refractivity contribution >= 4 is 29.9 Å². The predicted octanol–water partition coefficient (Wildman–Crippen LogP) is 4.38. The molecule has 168 valence electrons. The molecule has 30 heavy (non-hydrogen) atoms. The SMILES string of the molecule is CCNC(=NCc1cccc(OCC(C)C)c1)NC(C)Cc1c(C)nn(C)c1C.I. The van der Waals surface area contributed by atoms with E-state index in [1.807, 2.05) is 23.9 Å². The number of aromatic nitrogens is 2. The average Bonchev–Trinajstić information content (AvgIpc) is 2.91. The van der Waals surface area contributed by atoms with Crippen molar-refractivity contribution in [3.8, 4) is 5.75 Å². The lowest BCUT2D eigenvalue weighted by molar-refractivity contribution is 0.271. The quantitative estimate of drug-likeness (QED) is 0.289. The third-order valence-corrected chi connectivity index (χ3v) is 4.80. The minimum absolute atomic E-state index is 0. The average molecular weight is 527 g/mol. The lowest BCUT2D eigenvalue weighted by atomic mass is 10.1. The van der Waals surface area contributed by atoms with Crippen LogP contribution in [0.15, 0.2) is 29.3 Å². The third kappa shape index (κ3) is 8.16. The first-order chi connectivity index (χ1) is 13.8. The summed E-state index contributed by atoms with van der Waals surface area (Å²) in [4.78, 5) is 4.77. The summed E-state index contributed by atoms with van der Waals surface area (Å²) in [5.41, 5.74) is 4.75. The van der Waals surface area contributed by atoms with Crippen LogP contribution in [0.4, 0.5) is 0 Å². The molecule has 1 aromatic heterocycles. The molecule has 6 nitrogen and oxygen atoms in total. The van der Waals surface area contributed by atoms with Crippen LogP contribution in [0.5, 0.6) is 5.75 Å². The van der Waals surface area contributed by atoms with Crippen molar-refractivity contribution in [2.45, 2.75) is 60.5 Å². The Bertz CT molecular complexity index is 816. The predicted molar refractivity (Wildman–Crippen MR) is 136 cm³/mol. The first kappa shape index (κ1) is 26.3. The van der Waals surface area contributed by atoms with Crippen LogP contribution in [-0.2, 0) is 20.0 Å². The molecule has 1 heterocycles. The number of benzene rings is 1. The van der Waals surface area contributed by atoms with Gasteiger partial charge in [0.2, 0.25) is 0 Å². The van der Waals surface area contributed by atoms with Crippen LogP contribution in [0.3, 0.4) is 0 Å². The molecule has 0 saturated carbocycles. The second-order valence-electron chi connectivity index (χ2n) is 8.07. The molecule has 0 radical (unpaired) electrons. The molecule has 1 aromatic carbocycles. The van der Waals surface area contributed by atoms with Crippen LogP contribution >= 0.6 is 24.0 Å². The van der Waals surface area contributed by atoms with Gasteiger partial charge in [-0.15, -0.1) is 24.0 Å². The Labute approximate surface area is 198 Å². The Morgan fingerprint density at radius 1 is 1.23 bits per heavy atom. The Morgan fingerprint density at radius 2 is 1.97 bits per heavy atom. The normalized spacial score (nSPS) is 12.5. The first-order valence-corrected chi connectivity index (χ1v) is 10.6. The molecule has 0 aliphatic rings. The van der Waals surface area contributed by atoms with Gasteiger partial charge in [0.25, 0.3) is 0 Å². The van der Waals surface area contributed by atoms with E-state index in [1.54, 1.807) is 0 Å². The number of ether oxygens (including phenoxy) is 1. The van der Waals surface area contributed by atoms with Gasteiger partial charge in [0.1, 0.15) is 5.75 Å². The Hall–Kier alpha value is -1.77. The van der Waals surface area contributed by atoms with E-state index < -0.39 is 0 Å². The minimum Gasteiger partial charge on any atom is -0.493 e. The number of rotatable bonds is 9. The molecule has 0 amide bonds. The van der Waals surface area contributed by atoms with Crippen molar-refractivity contribution in [2.24, 2.45) is 18.0 Å². The largest absolute Gasteiger partial charge is 0.493 e. The summed E-state index contributed by atoms with van der Waals surface area (Å²) in [6.07, 6.45) is 0.911. The van der Waals surface area contributed by atoms with Crippen LogP contribution in [0, 0.1) is 19.8 Å². The van der Waals surface area contributed by atoms with Crippen molar-refractivity contribution in [1.29, 1.82) is 0 Å². The van der Waals surface area contributed by atoms with E-state index >= 15 is 0 Å². The highest BCUT2D eigenvalue weighted by Crippen LogP contribution is 2.16. The van der Waals surface area contributed by atoms with Crippen LogP contribution in [0.2, 0.25) is 0 Å². The molecule has 0 spiro atoms. The molecule has 1 atom stereocenters. The number of guanidine groups is 1. The summed E-state index contributed by atoms with van der Waals surface area (Å²) < 4.78 is 7.78. The van der Waals surface area contributed by atoms with Crippen LogP contribution in [0.1, 0.15) is 50.2 Å². The standard InChI is InChI=1S/C23H37N5O.HI/c1-8-24-23(26-17(4)12-22-18(5)27-28(7)19(22)6)25-14-20-10-9-11-21(13-20)29-15-16(2)3;/h9-11,13,16-17H,8,12,14-15H2,1-7H3,(H2,24,25,26);1H. The molecule has 7 heteroatoms. The fraction of sp³-hybridized carbons (Fsp3) is 0.565. The van der Waals surface area contributed by atoms with Gasteiger partial charge >= 0.3 is 0 Å². The zero-order valence-electron chi connectivity index (χ0n) is 19.5. The Morgan fingerprint density at radius 3 is 2.57 bits per heavy atom. The van der Waals surface area contributed by atoms with Crippen molar-refractivity contribution in [2.75, 3.05) is 13.2 Å². The number of nitrogens with zero attached hydrogens (tertiary/aromatic N) is 3. The highest BCUT2D eigenvalue weighted by molar-refractivity contribution is 14.0. The molecule has 0 aliphatic carbocycles. The van der Waals surface area contributed by atoms with Crippen LogP contribution in [-0.4, -0.2) is 34.9 Å². The highest BCUT2D eigenvalue weighted by atomic mass is 127. The first-order valence-electron chi connectivity index (χ1n) is 10.6.